The quantitative estimate of drug-likeness (QED) is 0.880. The van der Waals surface area contributed by atoms with Crippen molar-refractivity contribution in [3.8, 4) is 0 Å². The van der Waals surface area contributed by atoms with Crippen LogP contribution in [0.2, 0.25) is 5.02 Å². The lowest BCUT2D eigenvalue weighted by Gasteiger charge is -2.18. The van der Waals surface area contributed by atoms with E-state index in [1.165, 1.54) is 5.56 Å². The molecule has 0 saturated heterocycles. The maximum Gasteiger partial charge on any atom is 0.222 e. The van der Waals surface area contributed by atoms with Crippen molar-refractivity contribution in [3.63, 3.8) is 0 Å². The Kier molecular flexibility index (Phi) is 5.61. The van der Waals surface area contributed by atoms with Gasteiger partial charge in [-0.3, -0.25) is 9.48 Å². The topological polar surface area (TPSA) is 46.9 Å². The van der Waals surface area contributed by atoms with E-state index in [1.54, 1.807) is 10.9 Å². The van der Waals surface area contributed by atoms with Crippen LogP contribution in [0, 0.1) is 13.8 Å². The summed E-state index contributed by atoms with van der Waals surface area (Å²) in [7, 11) is 0. The third-order valence-electron chi connectivity index (χ3n) is 3.82. The van der Waals surface area contributed by atoms with E-state index >= 15 is 0 Å². The van der Waals surface area contributed by atoms with Crippen LogP contribution >= 0.6 is 11.6 Å². The smallest absolute Gasteiger partial charge is 0.222 e. The van der Waals surface area contributed by atoms with E-state index in [4.69, 9.17) is 11.6 Å². The van der Waals surface area contributed by atoms with Gasteiger partial charge in [0, 0.05) is 6.42 Å². The zero-order valence-electron chi connectivity index (χ0n) is 13.3. The number of hydrogen-bond donors (Lipinski definition) is 1. The molecule has 0 radical (unpaired) electrons. The highest BCUT2D eigenvalue weighted by atomic mass is 35.5. The molecule has 0 aliphatic rings. The van der Waals surface area contributed by atoms with E-state index < -0.39 is 0 Å². The Morgan fingerprint density at radius 1 is 1.32 bits per heavy atom. The fourth-order valence-electron chi connectivity index (χ4n) is 2.34. The van der Waals surface area contributed by atoms with Crippen molar-refractivity contribution < 1.29 is 4.79 Å². The van der Waals surface area contributed by atoms with E-state index in [1.807, 2.05) is 6.92 Å². The largest absolute Gasteiger partial charge is 0.349 e. The van der Waals surface area contributed by atoms with Crippen LogP contribution in [0.15, 0.2) is 30.5 Å². The molecule has 0 fully saturated rings. The molecule has 0 bridgehead atoms. The summed E-state index contributed by atoms with van der Waals surface area (Å²) >= 11 is 5.96. The molecule has 0 spiro atoms. The second-order valence-corrected chi connectivity index (χ2v) is 5.90. The van der Waals surface area contributed by atoms with Gasteiger partial charge in [0.15, 0.2) is 0 Å². The highest BCUT2D eigenvalue weighted by molar-refractivity contribution is 6.31. The second kappa shape index (κ2) is 7.45. The van der Waals surface area contributed by atoms with Gasteiger partial charge in [0.2, 0.25) is 5.91 Å². The summed E-state index contributed by atoms with van der Waals surface area (Å²) in [5.74, 6) is 0.0263. The van der Waals surface area contributed by atoms with Crippen LogP contribution in [0.3, 0.4) is 0 Å². The van der Waals surface area contributed by atoms with Crippen molar-refractivity contribution in [1.82, 2.24) is 15.1 Å². The van der Waals surface area contributed by atoms with Crippen molar-refractivity contribution in [1.29, 1.82) is 0 Å². The van der Waals surface area contributed by atoms with Crippen molar-refractivity contribution in [3.05, 3.63) is 52.3 Å². The molecule has 1 unspecified atom stereocenters. The maximum absolute atomic E-state index is 12.2. The number of aromatic nitrogens is 2. The highest BCUT2D eigenvalue weighted by Gasteiger charge is 2.13. The van der Waals surface area contributed by atoms with E-state index in [0.29, 0.717) is 18.0 Å². The predicted octanol–water partition coefficient (Wildman–Crippen LogP) is 3.81. The van der Waals surface area contributed by atoms with Gasteiger partial charge in [-0.2, -0.15) is 5.10 Å². The van der Waals surface area contributed by atoms with Crippen molar-refractivity contribution in [2.45, 2.75) is 46.2 Å². The molecule has 22 heavy (non-hydrogen) atoms. The molecular formula is C17H22ClN3O. The summed E-state index contributed by atoms with van der Waals surface area (Å²) in [5, 5.41) is 7.88. The first kappa shape index (κ1) is 16.6. The summed E-state index contributed by atoms with van der Waals surface area (Å²) in [6.45, 7) is 6.56. The van der Waals surface area contributed by atoms with Crippen LogP contribution in [0.5, 0.6) is 0 Å². The molecule has 5 heteroatoms. The zero-order valence-corrected chi connectivity index (χ0v) is 14.0. The number of aryl methyl sites for hydroxylation is 2. The molecule has 1 heterocycles. The van der Waals surface area contributed by atoms with Crippen molar-refractivity contribution in [2.75, 3.05) is 0 Å². The monoisotopic (exact) mass is 319 g/mol. The molecule has 1 atom stereocenters. The van der Waals surface area contributed by atoms with E-state index in [9.17, 15) is 4.79 Å². The summed E-state index contributed by atoms with van der Waals surface area (Å²) in [6, 6.07) is 8.33. The van der Waals surface area contributed by atoms with Crippen LogP contribution in [-0.2, 0) is 11.3 Å². The minimum Gasteiger partial charge on any atom is -0.349 e. The molecule has 118 valence electrons. The fourth-order valence-corrected chi connectivity index (χ4v) is 2.48. The number of nitrogens with zero attached hydrogens (tertiary/aromatic N) is 2. The number of hydrogen-bond acceptors (Lipinski definition) is 2. The van der Waals surface area contributed by atoms with Gasteiger partial charge in [-0.05, 0) is 25.8 Å². The summed E-state index contributed by atoms with van der Waals surface area (Å²) in [4.78, 5) is 12.2. The minimum atomic E-state index is 0.0263. The van der Waals surface area contributed by atoms with Crippen LogP contribution in [0.25, 0.3) is 0 Å². The second-order valence-electron chi connectivity index (χ2n) is 5.49. The average Bonchev–Trinajstić information content (AvgIpc) is 2.83. The van der Waals surface area contributed by atoms with Gasteiger partial charge in [0.05, 0.1) is 29.5 Å². The van der Waals surface area contributed by atoms with Gasteiger partial charge in [0.1, 0.15) is 0 Å². The van der Waals surface area contributed by atoms with Crippen LogP contribution in [0.1, 0.15) is 42.6 Å². The van der Waals surface area contributed by atoms with Gasteiger partial charge < -0.3 is 5.32 Å². The Bertz CT molecular complexity index is 634. The molecule has 1 N–H and O–H groups in total. The number of amides is 1. The highest BCUT2D eigenvalue weighted by Crippen LogP contribution is 2.18. The number of nitrogens with one attached hydrogen (secondary N) is 1. The van der Waals surface area contributed by atoms with E-state index in [0.717, 1.165) is 17.7 Å². The third kappa shape index (κ3) is 4.10. The molecule has 1 aromatic heterocycles. The Morgan fingerprint density at radius 2 is 2.00 bits per heavy atom. The average molecular weight is 320 g/mol. The standard InChI is InChI=1S/C17H22ClN3O/c1-4-16(14-7-5-12(2)6-8-14)20-17(22)9-10-21-13(3)15(18)11-19-21/h5-8,11,16H,4,9-10H2,1-3H3,(H,20,22). The first-order chi connectivity index (χ1) is 10.5. The molecule has 2 aromatic rings. The summed E-state index contributed by atoms with van der Waals surface area (Å²) < 4.78 is 1.76. The van der Waals surface area contributed by atoms with Crippen LogP contribution in [-0.4, -0.2) is 15.7 Å². The summed E-state index contributed by atoms with van der Waals surface area (Å²) in [6.07, 6.45) is 2.86. The normalized spacial score (nSPS) is 12.2. The number of benzene rings is 1. The fraction of sp³-hybridized carbons (Fsp3) is 0.412. The first-order valence-corrected chi connectivity index (χ1v) is 7.93. The predicted molar refractivity (Wildman–Crippen MR) is 88.9 cm³/mol. The first-order valence-electron chi connectivity index (χ1n) is 7.55. The molecule has 0 saturated carbocycles. The SMILES string of the molecule is CCC(NC(=O)CCn1ncc(Cl)c1C)c1ccc(C)cc1. The van der Waals surface area contributed by atoms with Crippen LogP contribution in [0.4, 0.5) is 0 Å². The molecule has 0 aliphatic heterocycles. The molecular weight excluding hydrogens is 298 g/mol. The van der Waals surface area contributed by atoms with E-state index in [2.05, 4.69) is 48.5 Å². The molecule has 0 aliphatic carbocycles. The molecule has 2 rings (SSSR count). The molecule has 1 amide bonds. The lowest BCUT2D eigenvalue weighted by Crippen LogP contribution is -2.29. The Morgan fingerprint density at radius 3 is 2.55 bits per heavy atom. The Hall–Kier alpha value is -1.81. The number of carbonyl (C=O) groups excluding carboxylic acids is 1. The number of carbonyl (C=O) groups is 1. The van der Waals surface area contributed by atoms with Gasteiger partial charge in [0.25, 0.3) is 0 Å². The van der Waals surface area contributed by atoms with Gasteiger partial charge in [-0.1, -0.05) is 48.4 Å². The lowest BCUT2D eigenvalue weighted by atomic mass is 10.0. The molecule has 1 aromatic carbocycles. The maximum atomic E-state index is 12.2. The number of halogens is 1. The molecule has 4 nitrogen and oxygen atoms in total. The van der Waals surface area contributed by atoms with Gasteiger partial charge in [-0.25, -0.2) is 0 Å². The third-order valence-corrected chi connectivity index (χ3v) is 4.19. The van der Waals surface area contributed by atoms with E-state index in [-0.39, 0.29) is 11.9 Å². The van der Waals surface area contributed by atoms with Gasteiger partial charge >= 0.3 is 0 Å². The Balaban J connectivity index is 1.92. The lowest BCUT2D eigenvalue weighted by molar-refractivity contribution is -0.122. The van der Waals surface area contributed by atoms with Crippen molar-refractivity contribution >= 4 is 17.5 Å². The van der Waals surface area contributed by atoms with Gasteiger partial charge in [-0.15, -0.1) is 0 Å². The minimum absolute atomic E-state index is 0.0263. The summed E-state index contributed by atoms with van der Waals surface area (Å²) in [5.41, 5.74) is 3.25. The zero-order chi connectivity index (χ0) is 16.1. The van der Waals surface area contributed by atoms with Crippen molar-refractivity contribution in [2.24, 2.45) is 0 Å². The Labute approximate surface area is 136 Å². The van der Waals surface area contributed by atoms with Crippen LogP contribution < -0.4 is 5.32 Å². The number of rotatable bonds is 6.